The molecule has 8 heteroatoms. The van der Waals surface area contributed by atoms with Crippen LogP contribution in [0.4, 0.5) is 0 Å². The number of aliphatic hydroxyl groups is 1. The molecule has 0 aromatic heterocycles. The van der Waals surface area contributed by atoms with E-state index < -0.39 is 30.4 Å². The van der Waals surface area contributed by atoms with Crippen molar-refractivity contribution in [3.63, 3.8) is 0 Å². The fraction of sp³-hybridized carbons (Fsp3) is 1.00. The molecule has 2 aliphatic rings. The van der Waals surface area contributed by atoms with E-state index in [9.17, 15) is 5.11 Å². The summed E-state index contributed by atoms with van der Waals surface area (Å²) in [5.41, 5.74) is 0. The van der Waals surface area contributed by atoms with Gasteiger partial charge in [-0.25, -0.2) is 0 Å². The van der Waals surface area contributed by atoms with E-state index in [-0.39, 0.29) is 12.7 Å². The molecule has 0 aromatic rings. The number of methoxy groups -OCH3 is 1. The zero-order valence-corrected chi connectivity index (χ0v) is 11.4. The van der Waals surface area contributed by atoms with E-state index in [1.54, 1.807) is 13.8 Å². The zero-order chi connectivity index (χ0) is 14.0. The minimum atomic E-state index is -0.877. The maximum Gasteiger partial charge on any atom is 0.209 e. The number of rotatable bonds is 6. The molecule has 1 N–H and O–H groups in total. The number of hydrogen-bond donors (Lipinski definition) is 1. The second kappa shape index (κ2) is 5.66. The third-order valence-electron chi connectivity index (χ3n) is 2.99. The largest absolute Gasteiger partial charge is 0.388 e. The van der Waals surface area contributed by atoms with Gasteiger partial charge in [-0.15, -0.1) is 0 Å². The van der Waals surface area contributed by atoms with Crippen LogP contribution in [-0.2, 0) is 23.1 Å². The van der Waals surface area contributed by atoms with E-state index >= 15 is 0 Å². The first-order valence-electron chi connectivity index (χ1n) is 6.26. The molecule has 2 fully saturated rings. The summed E-state index contributed by atoms with van der Waals surface area (Å²) in [5.74, 6) is -0.714. The minimum absolute atomic E-state index is 0.0351. The maximum atomic E-state index is 10.0. The summed E-state index contributed by atoms with van der Waals surface area (Å²) in [6, 6.07) is 0. The van der Waals surface area contributed by atoms with Gasteiger partial charge in [0.15, 0.2) is 12.1 Å². The van der Waals surface area contributed by atoms with E-state index in [4.69, 9.17) is 24.5 Å². The van der Waals surface area contributed by atoms with Gasteiger partial charge in [0.05, 0.1) is 6.61 Å². The SMILES string of the molecule is [3H][B]SOCC(O)[C@H]1O[C@@H]2OC(C)(C)OC2[C@@H]1OC. The number of ether oxygens (including phenoxy) is 4. The Bertz CT molecular complexity index is 310. The molecular weight excluding hydrogens is 259 g/mol. The van der Waals surface area contributed by atoms with E-state index in [0.29, 0.717) is 0 Å². The number of fused-ring (bicyclic) bond motifs is 1. The van der Waals surface area contributed by atoms with E-state index in [1.165, 1.54) is 7.11 Å². The summed E-state index contributed by atoms with van der Waals surface area (Å²) in [4.78, 5) is 0. The monoisotopic (exact) mass is 279 g/mol. The Morgan fingerprint density at radius 2 is 2.33 bits per heavy atom. The predicted octanol–water partition coefficient (Wildman–Crippen LogP) is -0.281. The summed E-state index contributed by atoms with van der Waals surface area (Å²) in [6.07, 6.45) is -2.79. The molecule has 2 aliphatic heterocycles. The molecule has 1 radical (unpaired) electrons. The first-order chi connectivity index (χ1) is 8.98. The Morgan fingerprint density at radius 1 is 1.56 bits per heavy atom. The molecule has 6 nitrogen and oxygen atoms in total. The van der Waals surface area contributed by atoms with Crippen LogP contribution in [0.2, 0.25) is 0 Å². The van der Waals surface area contributed by atoms with Crippen LogP contribution in [-0.4, -0.2) is 63.7 Å². The molecule has 2 rings (SSSR count). The zero-order valence-electron chi connectivity index (χ0n) is 11.6. The molecule has 2 unspecified atom stereocenters. The summed E-state index contributed by atoms with van der Waals surface area (Å²) in [5, 5.41) is 10.0. The van der Waals surface area contributed by atoms with Gasteiger partial charge in [0.1, 0.15) is 24.4 Å². The predicted molar refractivity (Wildman–Crippen MR) is 66.2 cm³/mol. The Kier molecular flexibility index (Phi) is 4.14. The van der Waals surface area contributed by atoms with Crippen molar-refractivity contribution in [1.82, 2.24) is 0 Å². The third kappa shape index (κ3) is 2.85. The molecule has 0 aliphatic carbocycles. The van der Waals surface area contributed by atoms with Gasteiger partial charge in [0, 0.05) is 7.11 Å². The van der Waals surface area contributed by atoms with Crippen molar-refractivity contribution >= 4 is 19.0 Å². The van der Waals surface area contributed by atoms with Gasteiger partial charge in [-0.05, 0) is 15.2 Å². The summed E-state index contributed by atoms with van der Waals surface area (Å²) >= 11 is 0.848. The van der Waals surface area contributed by atoms with Crippen LogP contribution >= 0.6 is 11.9 Å². The Labute approximate surface area is 113 Å². The normalized spacial score (nSPS) is 40.3. The van der Waals surface area contributed by atoms with Gasteiger partial charge in [0.2, 0.25) is 7.09 Å². The van der Waals surface area contributed by atoms with Crippen LogP contribution in [0.3, 0.4) is 0 Å². The van der Waals surface area contributed by atoms with Crippen molar-refractivity contribution in [2.75, 3.05) is 13.7 Å². The van der Waals surface area contributed by atoms with Crippen LogP contribution in [0.1, 0.15) is 13.8 Å². The molecule has 0 aromatic carbocycles. The van der Waals surface area contributed by atoms with Crippen molar-refractivity contribution in [3.8, 4) is 0 Å². The highest BCUT2D eigenvalue weighted by Crippen LogP contribution is 2.39. The lowest BCUT2D eigenvalue weighted by Gasteiger charge is -2.27. The number of aliphatic hydroxyl groups excluding tert-OH is 1. The average Bonchev–Trinajstić information content (AvgIpc) is 2.80. The topological polar surface area (TPSA) is 66.4 Å². The maximum absolute atomic E-state index is 10.0. The second-order valence-electron chi connectivity index (χ2n) is 4.72. The standard InChI is InChI=1S/C10H18BO6S/c1-10(2)16-8-7(13-3)6(15-9(8)17-10)5(12)4-14-18-11/h5-9,11-12H,4H2,1-3H3/t5?,6-,7-,8?,9-/m1/s1/i11T. The van der Waals surface area contributed by atoms with E-state index in [2.05, 4.69) is 0 Å². The van der Waals surface area contributed by atoms with Crippen molar-refractivity contribution in [1.29, 1.82) is 1.34 Å². The first-order valence-corrected chi connectivity index (χ1v) is 6.49. The molecule has 2 saturated heterocycles. The van der Waals surface area contributed by atoms with Crippen molar-refractivity contribution < 1.29 is 28.2 Å². The first kappa shape index (κ1) is 13.2. The van der Waals surface area contributed by atoms with Gasteiger partial charge >= 0.3 is 0 Å². The Balaban J connectivity index is 1.93. The lowest BCUT2D eigenvalue weighted by molar-refractivity contribution is -0.228. The van der Waals surface area contributed by atoms with Crippen LogP contribution in [0.15, 0.2) is 0 Å². The highest BCUT2D eigenvalue weighted by atomic mass is 32.2. The highest BCUT2D eigenvalue weighted by molar-refractivity contribution is 8.15. The molecular formula is C10H18BO6S. The van der Waals surface area contributed by atoms with Crippen LogP contribution in [0.5, 0.6) is 0 Å². The van der Waals surface area contributed by atoms with Crippen molar-refractivity contribution in [2.45, 2.75) is 50.3 Å². The molecule has 2 heterocycles. The van der Waals surface area contributed by atoms with Crippen molar-refractivity contribution in [3.05, 3.63) is 0 Å². The van der Waals surface area contributed by atoms with Gasteiger partial charge in [0.25, 0.3) is 0 Å². The molecule has 0 amide bonds. The van der Waals surface area contributed by atoms with Crippen LogP contribution in [0, 0.1) is 0 Å². The lowest BCUT2D eigenvalue weighted by atomic mass is 10.1. The third-order valence-corrected chi connectivity index (χ3v) is 3.26. The summed E-state index contributed by atoms with van der Waals surface area (Å²) < 4.78 is 34.2. The molecule has 0 saturated carbocycles. The molecule has 18 heavy (non-hydrogen) atoms. The van der Waals surface area contributed by atoms with Crippen LogP contribution < -0.4 is 0 Å². The lowest BCUT2D eigenvalue weighted by Crippen LogP contribution is -2.43. The van der Waals surface area contributed by atoms with Crippen molar-refractivity contribution in [2.24, 2.45) is 0 Å². The second-order valence-corrected chi connectivity index (χ2v) is 5.15. The molecule has 5 atom stereocenters. The fourth-order valence-electron chi connectivity index (χ4n) is 2.29. The molecule has 0 bridgehead atoms. The Morgan fingerprint density at radius 3 is 3.00 bits per heavy atom. The molecule has 0 spiro atoms. The van der Waals surface area contributed by atoms with E-state index in [1.807, 2.05) is 0 Å². The average molecular weight is 279 g/mol. The van der Waals surface area contributed by atoms with Gasteiger partial charge < -0.3 is 28.2 Å². The quantitative estimate of drug-likeness (QED) is 0.407. The summed E-state index contributed by atoms with van der Waals surface area (Å²) in [6.45, 7) is 3.64. The highest BCUT2D eigenvalue weighted by Gasteiger charge is 2.56. The van der Waals surface area contributed by atoms with Gasteiger partial charge in [-0.2, -0.15) is 0 Å². The minimum Gasteiger partial charge on any atom is -0.388 e. The van der Waals surface area contributed by atoms with Gasteiger partial charge in [-0.1, -0.05) is 11.9 Å². The number of hydrogen-bond acceptors (Lipinski definition) is 7. The van der Waals surface area contributed by atoms with E-state index in [0.717, 1.165) is 19.0 Å². The van der Waals surface area contributed by atoms with Gasteiger partial charge in [-0.3, -0.25) is 0 Å². The summed E-state index contributed by atoms with van der Waals surface area (Å²) in [7, 11) is 2.58. The fourth-order valence-corrected chi connectivity index (χ4v) is 2.50. The molecule has 103 valence electrons. The Hall–Kier alpha value is 0.175. The van der Waals surface area contributed by atoms with Crippen LogP contribution in [0.25, 0.3) is 0 Å². The smallest absolute Gasteiger partial charge is 0.209 e.